The molecule has 0 saturated heterocycles. The van der Waals surface area contributed by atoms with E-state index in [1.165, 1.54) is 6.07 Å². The highest BCUT2D eigenvalue weighted by Crippen LogP contribution is 2.26. The van der Waals surface area contributed by atoms with Gasteiger partial charge in [0.15, 0.2) is 0 Å². The van der Waals surface area contributed by atoms with Crippen molar-refractivity contribution < 1.29 is 14.2 Å². The number of ether oxygens (including phenoxy) is 1. The molecule has 0 aliphatic carbocycles. The van der Waals surface area contributed by atoms with E-state index in [-0.39, 0.29) is 12.4 Å². The first kappa shape index (κ1) is 14.3. The summed E-state index contributed by atoms with van der Waals surface area (Å²) in [6.45, 7) is 2.15. The van der Waals surface area contributed by atoms with Crippen LogP contribution in [-0.4, -0.2) is 18.8 Å². The van der Waals surface area contributed by atoms with Crippen LogP contribution >= 0.6 is 0 Å². The predicted molar refractivity (Wildman–Crippen MR) is 77.6 cm³/mol. The summed E-state index contributed by atoms with van der Waals surface area (Å²) < 4.78 is 18.7. The second kappa shape index (κ2) is 6.39. The Labute approximate surface area is 118 Å². The van der Waals surface area contributed by atoms with Gasteiger partial charge in [-0.05, 0) is 31.2 Å². The molecule has 20 heavy (non-hydrogen) atoms. The normalized spacial score (nSPS) is 12.0. The molecule has 2 aromatic carbocycles. The van der Waals surface area contributed by atoms with E-state index < -0.39 is 6.10 Å². The standard InChI is InChI=1S/C16H18FNO2/c1-11-7-8-16(20-2)12(9-11)15(19)10-18-14-6-4-3-5-13(14)17/h3-9,15,18-19H,10H2,1-2H3. The summed E-state index contributed by atoms with van der Waals surface area (Å²) >= 11 is 0. The molecule has 0 bridgehead atoms. The molecule has 2 N–H and O–H groups in total. The lowest BCUT2D eigenvalue weighted by atomic mass is 10.0. The molecule has 0 radical (unpaired) electrons. The highest BCUT2D eigenvalue weighted by molar-refractivity contribution is 5.45. The van der Waals surface area contributed by atoms with E-state index in [0.717, 1.165) is 5.56 Å². The first-order valence-electron chi connectivity index (χ1n) is 6.43. The van der Waals surface area contributed by atoms with Crippen LogP contribution in [0.15, 0.2) is 42.5 Å². The van der Waals surface area contributed by atoms with Gasteiger partial charge in [-0.1, -0.05) is 23.8 Å². The van der Waals surface area contributed by atoms with Gasteiger partial charge < -0.3 is 15.2 Å². The number of aliphatic hydroxyl groups is 1. The van der Waals surface area contributed by atoms with Gasteiger partial charge in [0.1, 0.15) is 11.6 Å². The highest BCUT2D eigenvalue weighted by atomic mass is 19.1. The van der Waals surface area contributed by atoms with Gasteiger partial charge in [0, 0.05) is 12.1 Å². The second-order valence-corrected chi connectivity index (χ2v) is 4.62. The monoisotopic (exact) mass is 275 g/mol. The quantitative estimate of drug-likeness (QED) is 0.879. The van der Waals surface area contributed by atoms with Crippen LogP contribution < -0.4 is 10.1 Å². The van der Waals surface area contributed by atoms with E-state index in [1.807, 2.05) is 25.1 Å². The lowest BCUT2D eigenvalue weighted by Gasteiger charge is -2.17. The van der Waals surface area contributed by atoms with Crippen molar-refractivity contribution in [1.82, 2.24) is 0 Å². The first-order valence-corrected chi connectivity index (χ1v) is 6.43. The molecular weight excluding hydrogens is 257 g/mol. The Hall–Kier alpha value is -2.07. The van der Waals surface area contributed by atoms with Gasteiger partial charge in [-0.2, -0.15) is 0 Å². The second-order valence-electron chi connectivity index (χ2n) is 4.62. The van der Waals surface area contributed by atoms with Crippen molar-refractivity contribution in [1.29, 1.82) is 0 Å². The molecule has 0 aliphatic heterocycles. The van der Waals surface area contributed by atoms with Gasteiger partial charge in [0.2, 0.25) is 0 Å². The number of para-hydroxylation sites is 1. The minimum Gasteiger partial charge on any atom is -0.496 e. The van der Waals surface area contributed by atoms with Gasteiger partial charge in [-0.25, -0.2) is 4.39 Å². The van der Waals surface area contributed by atoms with Crippen LogP contribution in [0, 0.1) is 12.7 Å². The van der Waals surface area contributed by atoms with Crippen LogP contribution in [0.2, 0.25) is 0 Å². The number of benzene rings is 2. The molecule has 0 aromatic heterocycles. The van der Waals surface area contributed by atoms with Crippen molar-refractivity contribution in [3.8, 4) is 5.75 Å². The summed E-state index contributed by atoms with van der Waals surface area (Å²) in [5, 5.41) is 13.1. The van der Waals surface area contributed by atoms with E-state index >= 15 is 0 Å². The molecule has 0 aliphatic rings. The Morgan fingerprint density at radius 2 is 2.00 bits per heavy atom. The average Bonchev–Trinajstić information content (AvgIpc) is 2.46. The van der Waals surface area contributed by atoms with E-state index in [0.29, 0.717) is 17.0 Å². The Bertz CT molecular complexity index is 586. The molecule has 0 spiro atoms. The lowest BCUT2D eigenvalue weighted by Crippen LogP contribution is -2.14. The molecular formula is C16H18FNO2. The minimum atomic E-state index is -0.774. The summed E-state index contributed by atoms with van der Waals surface area (Å²) in [5.74, 6) is 0.286. The molecule has 1 atom stereocenters. The molecule has 0 amide bonds. The number of halogens is 1. The fraction of sp³-hybridized carbons (Fsp3) is 0.250. The molecule has 106 valence electrons. The van der Waals surface area contributed by atoms with Gasteiger partial charge in [0.25, 0.3) is 0 Å². The molecule has 0 fully saturated rings. The molecule has 0 saturated carbocycles. The van der Waals surface area contributed by atoms with E-state index in [4.69, 9.17) is 4.74 Å². The minimum absolute atomic E-state index is 0.209. The molecule has 4 heteroatoms. The summed E-state index contributed by atoms with van der Waals surface area (Å²) in [6.07, 6.45) is -0.774. The third-order valence-electron chi connectivity index (χ3n) is 3.10. The number of methoxy groups -OCH3 is 1. The Kier molecular flexibility index (Phi) is 4.58. The molecule has 2 aromatic rings. The topological polar surface area (TPSA) is 41.5 Å². The number of nitrogens with one attached hydrogen (secondary N) is 1. The van der Waals surface area contributed by atoms with Crippen LogP contribution in [0.4, 0.5) is 10.1 Å². The zero-order chi connectivity index (χ0) is 14.5. The fourth-order valence-electron chi connectivity index (χ4n) is 2.04. The summed E-state index contributed by atoms with van der Waals surface area (Å²) in [4.78, 5) is 0. The largest absolute Gasteiger partial charge is 0.496 e. The number of aliphatic hydroxyl groups excluding tert-OH is 1. The molecule has 2 rings (SSSR count). The number of hydrogen-bond donors (Lipinski definition) is 2. The maximum atomic E-state index is 13.5. The molecule has 1 unspecified atom stereocenters. The fourth-order valence-corrected chi connectivity index (χ4v) is 2.04. The van der Waals surface area contributed by atoms with Crippen molar-refractivity contribution in [2.24, 2.45) is 0 Å². The van der Waals surface area contributed by atoms with Crippen molar-refractivity contribution in [2.75, 3.05) is 19.0 Å². The molecule has 0 heterocycles. The third-order valence-corrected chi connectivity index (χ3v) is 3.10. The Balaban J connectivity index is 2.11. The first-order chi connectivity index (χ1) is 9.61. The van der Waals surface area contributed by atoms with Crippen LogP contribution in [0.3, 0.4) is 0 Å². The smallest absolute Gasteiger partial charge is 0.146 e. The maximum absolute atomic E-state index is 13.5. The summed E-state index contributed by atoms with van der Waals surface area (Å²) in [6, 6.07) is 12.0. The maximum Gasteiger partial charge on any atom is 0.146 e. The number of hydrogen-bond acceptors (Lipinski definition) is 3. The molecule has 3 nitrogen and oxygen atoms in total. The van der Waals surface area contributed by atoms with Crippen molar-refractivity contribution in [3.63, 3.8) is 0 Å². The summed E-state index contributed by atoms with van der Waals surface area (Å²) in [7, 11) is 1.56. The van der Waals surface area contributed by atoms with Gasteiger partial charge in [0.05, 0.1) is 18.9 Å². The van der Waals surface area contributed by atoms with Gasteiger partial charge in [-0.3, -0.25) is 0 Å². The van der Waals surface area contributed by atoms with Crippen LogP contribution in [0.25, 0.3) is 0 Å². The van der Waals surface area contributed by atoms with Gasteiger partial charge >= 0.3 is 0 Å². The highest BCUT2D eigenvalue weighted by Gasteiger charge is 2.14. The third kappa shape index (κ3) is 3.27. The zero-order valence-electron chi connectivity index (χ0n) is 11.6. The number of anilines is 1. The van der Waals surface area contributed by atoms with Crippen molar-refractivity contribution in [2.45, 2.75) is 13.0 Å². The number of rotatable bonds is 5. The van der Waals surface area contributed by atoms with Crippen LogP contribution in [-0.2, 0) is 0 Å². The zero-order valence-corrected chi connectivity index (χ0v) is 11.6. The Morgan fingerprint density at radius 1 is 1.25 bits per heavy atom. The number of aryl methyl sites for hydroxylation is 1. The predicted octanol–water partition coefficient (Wildman–Crippen LogP) is 3.29. The van der Waals surface area contributed by atoms with E-state index in [2.05, 4.69) is 5.32 Å². The van der Waals surface area contributed by atoms with E-state index in [1.54, 1.807) is 25.3 Å². The average molecular weight is 275 g/mol. The van der Waals surface area contributed by atoms with Crippen molar-refractivity contribution in [3.05, 3.63) is 59.4 Å². The van der Waals surface area contributed by atoms with Crippen molar-refractivity contribution >= 4 is 5.69 Å². The summed E-state index contributed by atoms with van der Waals surface area (Å²) in [5.41, 5.74) is 2.10. The van der Waals surface area contributed by atoms with E-state index in [9.17, 15) is 9.50 Å². The SMILES string of the molecule is COc1ccc(C)cc1C(O)CNc1ccccc1F. The van der Waals surface area contributed by atoms with Crippen LogP contribution in [0.5, 0.6) is 5.75 Å². The Morgan fingerprint density at radius 3 is 2.70 bits per heavy atom. The van der Waals surface area contributed by atoms with Gasteiger partial charge in [-0.15, -0.1) is 0 Å². The van der Waals surface area contributed by atoms with Crippen LogP contribution in [0.1, 0.15) is 17.2 Å². The lowest BCUT2D eigenvalue weighted by molar-refractivity contribution is 0.186.